The minimum Gasteiger partial charge on any atom is -0.482 e. The van der Waals surface area contributed by atoms with E-state index in [9.17, 15) is 14.4 Å². The lowest BCUT2D eigenvalue weighted by Gasteiger charge is -2.33. The molecule has 0 aromatic heterocycles. The topological polar surface area (TPSA) is 82.1 Å². The van der Waals surface area contributed by atoms with Gasteiger partial charge in [0.25, 0.3) is 5.91 Å². The number of ketones is 1. The van der Waals surface area contributed by atoms with E-state index in [-0.39, 0.29) is 31.5 Å². The fourth-order valence-electron chi connectivity index (χ4n) is 2.59. The molecule has 1 amide bonds. The van der Waals surface area contributed by atoms with Gasteiger partial charge in [0.2, 0.25) is 0 Å². The molecule has 0 radical (unpaired) electrons. The number of Topliss-reactive ketones (excluding diaryl/α,β-unsaturated/α-hetero) is 1. The van der Waals surface area contributed by atoms with Crippen LogP contribution in [0.2, 0.25) is 0 Å². The Kier molecular flexibility index (Phi) is 6.52. The Hall–Kier alpha value is -2.41. The average Bonchev–Trinajstić information content (AvgIpc) is 2.61. The Labute approximate surface area is 146 Å². The summed E-state index contributed by atoms with van der Waals surface area (Å²) in [4.78, 5) is 38.0. The van der Waals surface area contributed by atoms with Crippen LogP contribution in [0.15, 0.2) is 18.2 Å². The molecule has 0 bridgehead atoms. The first-order chi connectivity index (χ1) is 12.0. The quantitative estimate of drug-likeness (QED) is 0.405. The molecule has 1 aliphatic heterocycles. The molecule has 1 heterocycles. The predicted octanol–water partition coefficient (Wildman–Crippen LogP) is 1.97. The van der Waals surface area contributed by atoms with E-state index in [1.165, 1.54) is 12.0 Å². The molecule has 1 unspecified atom stereocenters. The SMILES string of the molecule is CCCC(=O)c1ccc2c(c1)N(C(C)C(=O)OCCOC)C(=O)CO2. The van der Waals surface area contributed by atoms with Crippen molar-refractivity contribution in [2.45, 2.75) is 32.7 Å². The smallest absolute Gasteiger partial charge is 0.329 e. The first-order valence-corrected chi connectivity index (χ1v) is 8.27. The van der Waals surface area contributed by atoms with Crippen molar-refractivity contribution < 1.29 is 28.6 Å². The van der Waals surface area contributed by atoms with Crippen LogP contribution in [0.4, 0.5) is 5.69 Å². The number of hydrogen-bond donors (Lipinski definition) is 0. The third kappa shape index (κ3) is 4.36. The number of carbonyl (C=O) groups excluding carboxylic acids is 3. The third-order valence-corrected chi connectivity index (χ3v) is 3.90. The first-order valence-electron chi connectivity index (χ1n) is 8.27. The molecule has 2 rings (SSSR count). The summed E-state index contributed by atoms with van der Waals surface area (Å²) in [5, 5.41) is 0. The highest BCUT2D eigenvalue weighted by molar-refractivity contribution is 6.05. The second kappa shape index (κ2) is 8.62. The van der Waals surface area contributed by atoms with Crippen molar-refractivity contribution in [3.05, 3.63) is 23.8 Å². The summed E-state index contributed by atoms with van der Waals surface area (Å²) in [7, 11) is 1.51. The molecule has 7 nitrogen and oxygen atoms in total. The molecule has 1 aromatic rings. The number of ether oxygens (including phenoxy) is 3. The maximum atomic E-state index is 12.3. The zero-order chi connectivity index (χ0) is 18.4. The van der Waals surface area contributed by atoms with Crippen molar-refractivity contribution >= 4 is 23.3 Å². The van der Waals surface area contributed by atoms with Gasteiger partial charge in [0, 0.05) is 19.1 Å². The van der Waals surface area contributed by atoms with Gasteiger partial charge in [-0.05, 0) is 31.5 Å². The van der Waals surface area contributed by atoms with E-state index in [1.54, 1.807) is 25.1 Å². The van der Waals surface area contributed by atoms with E-state index in [4.69, 9.17) is 14.2 Å². The number of methoxy groups -OCH3 is 1. The summed E-state index contributed by atoms with van der Waals surface area (Å²) in [6.45, 7) is 3.74. The molecule has 0 aliphatic carbocycles. The Morgan fingerprint density at radius 1 is 1.32 bits per heavy atom. The Balaban J connectivity index is 2.27. The fraction of sp³-hybridized carbons (Fsp3) is 0.500. The van der Waals surface area contributed by atoms with E-state index in [1.807, 2.05) is 6.92 Å². The van der Waals surface area contributed by atoms with Crippen molar-refractivity contribution in [3.8, 4) is 5.75 Å². The lowest BCUT2D eigenvalue weighted by atomic mass is 10.0. The summed E-state index contributed by atoms with van der Waals surface area (Å²) in [6, 6.07) is 4.10. The zero-order valence-corrected chi connectivity index (χ0v) is 14.7. The van der Waals surface area contributed by atoms with Crippen LogP contribution in [0.3, 0.4) is 0 Å². The lowest BCUT2D eigenvalue weighted by molar-refractivity contribution is -0.147. The van der Waals surface area contributed by atoms with Crippen LogP contribution in [0, 0.1) is 0 Å². The molecule has 1 atom stereocenters. The molecular formula is C18H23NO6. The van der Waals surface area contributed by atoms with E-state index in [2.05, 4.69) is 0 Å². The van der Waals surface area contributed by atoms with Crippen LogP contribution in [0.25, 0.3) is 0 Å². The molecule has 0 spiro atoms. The van der Waals surface area contributed by atoms with Gasteiger partial charge in [-0.15, -0.1) is 0 Å². The van der Waals surface area contributed by atoms with Gasteiger partial charge in [-0.25, -0.2) is 4.79 Å². The maximum Gasteiger partial charge on any atom is 0.329 e. The van der Waals surface area contributed by atoms with E-state index in [0.29, 0.717) is 23.4 Å². The van der Waals surface area contributed by atoms with Crippen LogP contribution >= 0.6 is 0 Å². The number of carbonyl (C=O) groups is 3. The van der Waals surface area contributed by atoms with E-state index >= 15 is 0 Å². The van der Waals surface area contributed by atoms with Crippen LogP contribution < -0.4 is 9.64 Å². The number of esters is 1. The van der Waals surface area contributed by atoms with Crippen molar-refractivity contribution in [2.75, 3.05) is 31.8 Å². The summed E-state index contributed by atoms with van der Waals surface area (Å²) in [5.74, 6) is -0.449. The van der Waals surface area contributed by atoms with Crippen LogP contribution in [0.5, 0.6) is 5.75 Å². The number of amides is 1. The lowest BCUT2D eigenvalue weighted by Crippen LogP contribution is -2.48. The second-order valence-corrected chi connectivity index (χ2v) is 5.74. The molecule has 0 saturated carbocycles. The maximum absolute atomic E-state index is 12.3. The van der Waals surface area contributed by atoms with Gasteiger partial charge < -0.3 is 14.2 Å². The summed E-state index contributed by atoms with van der Waals surface area (Å²) >= 11 is 0. The van der Waals surface area contributed by atoms with E-state index < -0.39 is 12.0 Å². The molecule has 25 heavy (non-hydrogen) atoms. The van der Waals surface area contributed by atoms with Crippen LogP contribution in [0.1, 0.15) is 37.0 Å². The molecule has 7 heteroatoms. The molecule has 0 fully saturated rings. The van der Waals surface area contributed by atoms with Crippen molar-refractivity contribution in [3.63, 3.8) is 0 Å². The second-order valence-electron chi connectivity index (χ2n) is 5.74. The summed E-state index contributed by atoms with van der Waals surface area (Å²) in [6.07, 6.45) is 1.15. The monoisotopic (exact) mass is 349 g/mol. The largest absolute Gasteiger partial charge is 0.482 e. The van der Waals surface area contributed by atoms with Gasteiger partial charge in [0.15, 0.2) is 12.4 Å². The van der Waals surface area contributed by atoms with Gasteiger partial charge in [-0.2, -0.15) is 0 Å². The van der Waals surface area contributed by atoms with Crippen molar-refractivity contribution in [1.29, 1.82) is 0 Å². The Bertz CT molecular complexity index is 657. The number of fused-ring (bicyclic) bond motifs is 1. The Morgan fingerprint density at radius 3 is 2.76 bits per heavy atom. The molecule has 1 aliphatic rings. The van der Waals surface area contributed by atoms with Gasteiger partial charge in [0.1, 0.15) is 18.4 Å². The molecule has 0 N–H and O–H groups in total. The van der Waals surface area contributed by atoms with Gasteiger partial charge in [-0.1, -0.05) is 6.92 Å². The summed E-state index contributed by atoms with van der Waals surface area (Å²) < 4.78 is 15.4. The number of benzene rings is 1. The number of rotatable bonds is 8. The molecule has 1 aromatic carbocycles. The van der Waals surface area contributed by atoms with Gasteiger partial charge in [-0.3, -0.25) is 14.5 Å². The number of anilines is 1. The minimum absolute atomic E-state index is 0.0152. The molecule has 0 saturated heterocycles. The van der Waals surface area contributed by atoms with Gasteiger partial charge in [0.05, 0.1) is 12.3 Å². The summed E-state index contributed by atoms with van der Waals surface area (Å²) in [5.41, 5.74) is 0.901. The normalized spacial score (nSPS) is 14.5. The number of nitrogens with zero attached hydrogens (tertiary/aromatic N) is 1. The highest BCUT2D eigenvalue weighted by Crippen LogP contribution is 2.35. The standard InChI is InChI=1S/C18H23NO6/c1-4-5-15(20)13-6-7-16-14(10-13)19(17(21)11-25-16)12(2)18(22)24-9-8-23-3/h6-7,10,12H,4-5,8-9,11H2,1-3H3. The van der Waals surface area contributed by atoms with Crippen LogP contribution in [-0.2, 0) is 19.1 Å². The van der Waals surface area contributed by atoms with Crippen LogP contribution in [-0.4, -0.2) is 50.6 Å². The van der Waals surface area contributed by atoms with Crippen molar-refractivity contribution in [2.24, 2.45) is 0 Å². The highest BCUT2D eigenvalue weighted by Gasteiger charge is 2.34. The fourth-order valence-corrected chi connectivity index (χ4v) is 2.59. The molecule has 136 valence electrons. The van der Waals surface area contributed by atoms with Crippen molar-refractivity contribution in [1.82, 2.24) is 0 Å². The van der Waals surface area contributed by atoms with Gasteiger partial charge >= 0.3 is 5.97 Å². The predicted molar refractivity (Wildman–Crippen MR) is 91.0 cm³/mol. The Morgan fingerprint density at radius 2 is 2.08 bits per heavy atom. The average molecular weight is 349 g/mol. The minimum atomic E-state index is -0.830. The van der Waals surface area contributed by atoms with E-state index in [0.717, 1.165) is 6.42 Å². The zero-order valence-electron chi connectivity index (χ0n) is 14.7. The first kappa shape index (κ1) is 18.9. The third-order valence-electron chi connectivity index (χ3n) is 3.90. The molecular weight excluding hydrogens is 326 g/mol. The number of hydrogen-bond acceptors (Lipinski definition) is 6. The highest BCUT2D eigenvalue weighted by atomic mass is 16.6.